The molecule has 3 rings (SSSR count). The molecular weight excluding hydrogens is 314 g/mol. The third-order valence-electron chi connectivity index (χ3n) is 3.85. The van der Waals surface area contributed by atoms with Gasteiger partial charge in [0.25, 0.3) is 11.5 Å². The van der Waals surface area contributed by atoms with Crippen LogP contribution in [-0.2, 0) is 22.5 Å². The minimum absolute atomic E-state index is 0.335. The van der Waals surface area contributed by atoms with Crippen LogP contribution in [0, 0.1) is 0 Å². The normalized spacial score (nSPS) is 13.2. The number of H-pyrrole nitrogens is 2. The summed E-state index contributed by atoms with van der Waals surface area (Å²) in [5.74, 6) is -1.29. The summed E-state index contributed by atoms with van der Waals surface area (Å²) in [6.45, 7) is 0.554. The summed E-state index contributed by atoms with van der Waals surface area (Å²) in [4.78, 5) is 52.1. The van der Waals surface area contributed by atoms with Gasteiger partial charge in [-0.1, -0.05) is 24.3 Å². The van der Waals surface area contributed by atoms with Gasteiger partial charge in [-0.3, -0.25) is 14.6 Å². The van der Waals surface area contributed by atoms with Crippen molar-refractivity contribution in [3.8, 4) is 0 Å². The second-order valence-electron chi connectivity index (χ2n) is 5.40. The lowest BCUT2D eigenvalue weighted by Crippen LogP contribution is -2.39. The SMILES string of the molecule is O=C(OCC(=O)N1CCc2ccccc2C1)c1c[nH]c(=O)[nH]c1=O. The standard InChI is InChI=1S/C16H15N3O5/c20-13(19-6-5-10-3-1-2-4-11(10)8-19)9-24-15(22)12-7-17-16(23)18-14(12)21/h1-4,7H,5-6,8-9H2,(H2,17,18,21,23). The van der Waals surface area contributed by atoms with Gasteiger partial charge < -0.3 is 14.6 Å². The number of hydrogen-bond acceptors (Lipinski definition) is 5. The van der Waals surface area contributed by atoms with E-state index in [2.05, 4.69) is 4.98 Å². The summed E-state index contributed by atoms with van der Waals surface area (Å²) in [5.41, 5.74) is 0.341. The van der Waals surface area contributed by atoms with Gasteiger partial charge in [-0.05, 0) is 17.5 Å². The summed E-state index contributed by atoms with van der Waals surface area (Å²) < 4.78 is 4.88. The number of ether oxygens (including phenoxy) is 1. The van der Waals surface area contributed by atoms with E-state index < -0.39 is 23.8 Å². The van der Waals surface area contributed by atoms with Gasteiger partial charge in [0.1, 0.15) is 5.56 Å². The number of benzene rings is 1. The molecule has 1 aliphatic heterocycles. The molecule has 0 aliphatic carbocycles. The number of aromatic amines is 2. The lowest BCUT2D eigenvalue weighted by molar-refractivity contribution is -0.135. The van der Waals surface area contributed by atoms with Crippen LogP contribution in [0.5, 0.6) is 0 Å². The number of esters is 1. The molecule has 1 aliphatic rings. The molecule has 2 aromatic rings. The summed E-state index contributed by atoms with van der Waals surface area (Å²) >= 11 is 0. The van der Waals surface area contributed by atoms with Crippen molar-refractivity contribution in [2.45, 2.75) is 13.0 Å². The molecule has 1 amide bonds. The van der Waals surface area contributed by atoms with E-state index in [0.717, 1.165) is 18.2 Å². The van der Waals surface area contributed by atoms with Gasteiger partial charge in [0.2, 0.25) is 0 Å². The number of fused-ring (bicyclic) bond motifs is 1. The molecule has 0 fully saturated rings. The predicted octanol–water partition coefficient (Wildman–Crippen LogP) is -0.195. The zero-order valence-electron chi connectivity index (χ0n) is 12.7. The van der Waals surface area contributed by atoms with Crippen LogP contribution in [0.3, 0.4) is 0 Å². The minimum Gasteiger partial charge on any atom is -0.452 e. The van der Waals surface area contributed by atoms with Crippen LogP contribution in [0.4, 0.5) is 0 Å². The maximum Gasteiger partial charge on any atom is 0.345 e. The van der Waals surface area contributed by atoms with Crippen molar-refractivity contribution < 1.29 is 14.3 Å². The molecule has 1 aromatic carbocycles. The molecule has 2 N–H and O–H groups in total. The van der Waals surface area contributed by atoms with Gasteiger partial charge in [-0.2, -0.15) is 0 Å². The van der Waals surface area contributed by atoms with Gasteiger partial charge in [0.15, 0.2) is 6.61 Å². The zero-order chi connectivity index (χ0) is 17.1. The predicted molar refractivity (Wildman–Crippen MR) is 83.5 cm³/mol. The smallest absolute Gasteiger partial charge is 0.345 e. The Balaban J connectivity index is 1.61. The zero-order valence-corrected chi connectivity index (χ0v) is 12.7. The highest BCUT2D eigenvalue weighted by molar-refractivity contribution is 5.90. The van der Waals surface area contributed by atoms with Gasteiger partial charge in [0.05, 0.1) is 0 Å². The van der Waals surface area contributed by atoms with Crippen molar-refractivity contribution in [3.63, 3.8) is 0 Å². The first-order valence-electron chi connectivity index (χ1n) is 7.38. The van der Waals surface area contributed by atoms with E-state index in [-0.39, 0.29) is 11.5 Å². The average Bonchev–Trinajstić information content (AvgIpc) is 2.59. The van der Waals surface area contributed by atoms with Crippen LogP contribution in [0.2, 0.25) is 0 Å². The molecule has 0 atom stereocenters. The number of aromatic nitrogens is 2. The summed E-state index contributed by atoms with van der Waals surface area (Å²) in [5, 5.41) is 0. The molecule has 0 bridgehead atoms. The molecule has 8 nitrogen and oxygen atoms in total. The molecule has 124 valence electrons. The van der Waals surface area contributed by atoms with E-state index in [0.29, 0.717) is 13.1 Å². The first-order valence-corrected chi connectivity index (χ1v) is 7.38. The first-order chi connectivity index (χ1) is 11.5. The van der Waals surface area contributed by atoms with E-state index in [1.165, 1.54) is 5.56 Å². The molecule has 0 unspecified atom stereocenters. The van der Waals surface area contributed by atoms with Crippen LogP contribution in [-0.4, -0.2) is 39.9 Å². The molecular formula is C16H15N3O5. The monoisotopic (exact) mass is 329 g/mol. The van der Waals surface area contributed by atoms with Crippen molar-refractivity contribution in [3.05, 3.63) is 68.0 Å². The molecule has 0 spiro atoms. The third kappa shape index (κ3) is 3.27. The van der Waals surface area contributed by atoms with Crippen molar-refractivity contribution in [2.75, 3.05) is 13.2 Å². The van der Waals surface area contributed by atoms with E-state index in [9.17, 15) is 19.2 Å². The molecule has 0 saturated carbocycles. The van der Waals surface area contributed by atoms with Gasteiger partial charge in [-0.15, -0.1) is 0 Å². The number of hydrogen-bond donors (Lipinski definition) is 2. The highest BCUT2D eigenvalue weighted by Gasteiger charge is 2.22. The van der Waals surface area contributed by atoms with Crippen molar-refractivity contribution in [1.29, 1.82) is 0 Å². The Morgan fingerprint density at radius 3 is 2.67 bits per heavy atom. The summed E-state index contributed by atoms with van der Waals surface area (Å²) in [6.07, 6.45) is 1.71. The number of rotatable bonds is 3. The van der Waals surface area contributed by atoms with Crippen LogP contribution >= 0.6 is 0 Å². The molecule has 2 heterocycles. The fourth-order valence-electron chi connectivity index (χ4n) is 2.57. The molecule has 0 saturated heterocycles. The second kappa shape index (κ2) is 6.53. The van der Waals surface area contributed by atoms with Gasteiger partial charge in [0, 0.05) is 19.3 Å². The minimum atomic E-state index is -0.960. The Kier molecular flexibility index (Phi) is 4.28. The molecule has 0 radical (unpaired) electrons. The highest BCUT2D eigenvalue weighted by atomic mass is 16.5. The first kappa shape index (κ1) is 15.7. The Labute approximate surface area is 136 Å². The Morgan fingerprint density at radius 2 is 1.92 bits per heavy atom. The third-order valence-corrected chi connectivity index (χ3v) is 3.85. The maximum atomic E-state index is 12.2. The largest absolute Gasteiger partial charge is 0.452 e. The highest BCUT2D eigenvalue weighted by Crippen LogP contribution is 2.18. The Hall–Kier alpha value is -3.16. The summed E-state index contributed by atoms with van der Waals surface area (Å²) in [7, 11) is 0. The second-order valence-corrected chi connectivity index (χ2v) is 5.40. The lowest BCUT2D eigenvalue weighted by atomic mass is 10.00. The van der Waals surface area contributed by atoms with E-state index in [1.54, 1.807) is 4.90 Å². The van der Waals surface area contributed by atoms with Crippen LogP contribution < -0.4 is 11.2 Å². The van der Waals surface area contributed by atoms with Crippen LogP contribution in [0.15, 0.2) is 40.1 Å². The number of nitrogens with one attached hydrogen (secondary N) is 2. The summed E-state index contributed by atoms with van der Waals surface area (Å²) in [6, 6.07) is 7.86. The van der Waals surface area contributed by atoms with Crippen molar-refractivity contribution >= 4 is 11.9 Å². The van der Waals surface area contributed by atoms with Crippen LogP contribution in [0.1, 0.15) is 21.5 Å². The number of carbonyl (C=O) groups is 2. The fourth-order valence-corrected chi connectivity index (χ4v) is 2.57. The van der Waals surface area contributed by atoms with Crippen LogP contribution in [0.25, 0.3) is 0 Å². The average molecular weight is 329 g/mol. The van der Waals surface area contributed by atoms with Gasteiger partial charge >= 0.3 is 11.7 Å². The van der Waals surface area contributed by atoms with E-state index in [4.69, 9.17) is 4.74 Å². The van der Waals surface area contributed by atoms with E-state index >= 15 is 0 Å². The Morgan fingerprint density at radius 1 is 1.17 bits per heavy atom. The number of nitrogens with zero attached hydrogens (tertiary/aromatic N) is 1. The lowest BCUT2D eigenvalue weighted by Gasteiger charge is -2.28. The number of amides is 1. The molecule has 8 heteroatoms. The number of carbonyl (C=O) groups excluding carboxylic acids is 2. The fraction of sp³-hybridized carbons (Fsp3) is 0.250. The Bertz CT molecular complexity index is 899. The van der Waals surface area contributed by atoms with Crippen molar-refractivity contribution in [2.24, 2.45) is 0 Å². The molecule has 1 aromatic heterocycles. The maximum absolute atomic E-state index is 12.2. The van der Waals surface area contributed by atoms with E-state index in [1.807, 2.05) is 29.2 Å². The topological polar surface area (TPSA) is 112 Å². The van der Waals surface area contributed by atoms with Gasteiger partial charge in [-0.25, -0.2) is 9.59 Å². The quantitative estimate of drug-likeness (QED) is 0.758. The molecule has 24 heavy (non-hydrogen) atoms. The van der Waals surface area contributed by atoms with Crippen molar-refractivity contribution in [1.82, 2.24) is 14.9 Å².